The van der Waals surface area contributed by atoms with Crippen LogP contribution in [0.4, 0.5) is 5.69 Å². The molecule has 2 aromatic carbocycles. The number of fused-ring (bicyclic) bond motifs is 1. The van der Waals surface area contributed by atoms with Gasteiger partial charge in [-0.2, -0.15) is 0 Å². The second-order valence-corrected chi connectivity index (χ2v) is 5.65. The van der Waals surface area contributed by atoms with Crippen molar-refractivity contribution in [2.24, 2.45) is 0 Å². The third-order valence-electron chi connectivity index (χ3n) is 3.83. The predicted molar refractivity (Wildman–Crippen MR) is 97.4 cm³/mol. The topological polar surface area (TPSA) is 118 Å². The van der Waals surface area contributed by atoms with Crippen LogP contribution in [0.15, 0.2) is 57.7 Å². The van der Waals surface area contributed by atoms with Crippen LogP contribution >= 0.6 is 0 Å². The van der Waals surface area contributed by atoms with Gasteiger partial charge < -0.3 is 18.6 Å². The monoisotopic (exact) mass is 385 g/mol. The molecule has 1 aromatic heterocycles. The van der Waals surface area contributed by atoms with Gasteiger partial charge in [0, 0.05) is 35.2 Å². The number of rotatable bonds is 7. The van der Waals surface area contributed by atoms with E-state index >= 15 is 0 Å². The minimum absolute atomic E-state index is 0.0821. The van der Waals surface area contributed by atoms with Crippen LogP contribution in [-0.2, 0) is 16.1 Å². The number of non-ortho nitro benzene ring substituents is 1. The summed E-state index contributed by atoms with van der Waals surface area (Å²) < 4.78 is 20.6. The van der Waals surface area contributed by atoms with Gasteiger partial charge in [-0.1, -0.05) is 0 Å². The van der Waals surface area contributed by atoms with Crippen LogP contribution in [0.3, 0.4) is 0 Å². The standard InChI is InChI=1S/C19H15NO8/c1-25-15-6-7-16-12(8-18(21)28-17(16)9-15)10-27-19(22)11-26-14-4-2-13(3-5-14)20(23)24/h2-9H,10-11H2,1H3. The maximum absolute atomic E-state index is 11.9. The molecule has 0 aliphatic carbocycles. The number of benzene rings is 2. The molecule has 28 heavy (non-hydrogen) atoms. The van der Waals surface area contributed by atoms with Gasteiger partial charge in [0.15, 0.2) is 6.61 Å². The first-order valence-electron chi connectivity index (χ1n) is 8.10. The summed E-state index contributed by atoms with van der Waals surface area (Å²) in [6.07, 6.45) is 0. The Morgan fingerprint density at radius 3 is 2.50 bits per heavy atom. The number of hydrogen-bond donors (Lipinski definition) is 0. The molecule has 0 spiro atoms. The number of hydrogen-bond acceptors (Lipinski definition) is 8. The summed E-state index contributed by atoms with van der Waals surface area (Å²) in [4.78, 5) is 33.7. The molecule has 0 aliphatic rings. The summed E-state index contributed by atoms with van der Waals surface area (Å²) in [6, 6.07) is 11.5. The Labute approximate surface area is 158 Å². The van der Waals surface area contributed by atoms with E-state index in [1.807, 2.05) is 0 Å². The molecule has 9 heteroatoms. The highest BCUT2D eigenvalue weighted by Gasteiger charge is 2.11. The fourth-order valence-corrected chi connectivity index (χ4v) is 2.46. The summed E-state index contributed by atoms with van der Waals surface area (Å²) in [7, 11) is 1.50. The molecule has 0 saturated carbocycles. The first-order valence-corrected chi connectivity index (χ1v) is 8.10. The average molecular weight is 385 g/mol. The van der Waals surface area contributed by atoms with E-state index in [9.17, 15) is 19.7 Å². The molecule has 0 amide bonds. The summed E-state index contributed by atoms with van der Waals surface area (Å²) in [5, 5.41) is 11.2. The van der Waals surface area contributed by atoms with Crippen LogP contribution in [-0.4, -0.2) is 24.6 Å². The van der Waals surface area contributed by atoms with Gasteiger partial charge in [-0.3, -0.25) is 10.1 Å². The Bertz CT molecular complexity index is 1070. The van der Waals surface area contributed by atoms with Crippen molar-refractivity contribution >= 4 is 22.6 Å². The van der Waals surface area contributed by atoms with Crippen molar-refractivity contribution in [1.29, 1.82) is 0 Å². The summed E-state index contributed by atoms with van der Waals surface area (Å²) in [6.45, 7) is -0.526. The molecule has 3 aromatic rings. The maximum Gasteiger partial charge on any atom is 0.344 e. The summed E-state index contributed by atoms with van der Waals surface area (Å²) in [5.74, 6) is 0.162. The Morgan fingerprint density at radius 1 is 1.11 bits per heavy atom. The molecule has 1 heterocycles. The number of carbonyl (C=O) groups is 1. The number of carbonyl (C=O) groups excluding carboxylic acids is 1. The first-order chi connectivity index (χ1) is 13.5. The molecule has 0 atom stereocenters. The number of methoxy groups -OCH3 is 1. The second-order valence-electron chi connectivity index (χ2n) is 5.65. The van der Waals surface area contributed by atoms with Gasteiger partial charge >= 0.3 is 11.6 Å². The zero-order valence-corrected chi connectivity index (χ0v) is 14.7. The number of esters is 1. The lowest BCUT2D eigenvalue weighted by Gasteiger charge is -2.09. The summed E-state index contributed by atoms with van der Waals surface area (Å²) >= 11 is 0. The molecular weight excluding hydrogens is 370 g/mol. The van der Waals surface area contributed by atoms with Gasteiger partial charge in [0.25, 0.3) is 5.69 Å². The second kappa shape index (κ2) is 8.21. The van der Waals surface area contributed by atoms with Gasteiger partial charge in [0.2, 0.25) is 0 Å². The summed E-state index contributed by atoms with van der Waals surface area (Å²) in [5.41, 5.74) is 0.146. The van der Waals surface area contributed by atoms with Crippen molar-refractivity contribution in [3.63, 3.8) is 0 Å². The van der Waals surface area contributed by atoms with Crippen molar-refractivity contribution in [3.05, 3.63) is 74.6 Å². The van der Waals surface area contributed by atoms with Crippen LogP contribution < -0.4 is 15.1 Å². The normalized spacial score (nSPS) is 10.5. The minimum Gasteiger partial charge on any atom is -0.497 e. The zero-order chi connectivity index (χ0) is 20.1. The lowest BCUT2D eigenvalue weighted by Crippen LogP contribution is -2.15. The smallest absolute Gasteiger partial charge is 0.344 e. The number of nitro benzene ring substituents is 1. The first kappa shape index (κ1) is 18.9. The molecule has 0 aliphatic heterocycles. The van der Waals surface area contributed by atoms with Gasteiger partial charge in [-0.25, -0.2) is 9.59 Å². The Balaban J connectivity index is 1.62. The number of ether oxygens (including phenoxy) is 3. The molecular formula is C19H15NO8. The molecule has 0 unspecified atom stereocenters. The third kappa shape index (κ3) is 4.44. The SMILES string of the molecule is COc1ccc2c(COC(=O)COc3ccc([N+](=O)[O-])cc3)cc(=O)oc2c1. The van der Waals surface area contributed by atoms with Gasteiger partial charge in [0.1, 0.15) is 23.7 Å². The largest absolute Gasteiger partial charge is 0.497 e. The average Bonchev–Trinajstić information content (AvgIpc) is 2.70. The van der Waals surface area contributed by atoms with Gasteiger partial charge in [0.05, 0.1) is 12.0 Å². The lowest BCUT2D eigenvalue weighted by molar-refractivity contribution is -0.384. The molecule has 3 rings (SSSR count). The maximum atomic E-state index is 11.9. The van der Waals surface area contributed by atoms with E-state index in [1.165, 1.54) is 37.4 Å². The highest BCUT2D eigenvalue weighted by atomic mass is 16.6. The molecule has 0 fully saturated rings. The molecule has 9 nitrogen and oxygen atoms in total. The molecule has 0 N–H and O–H groups in total. The van der Waals surface area contributed by atoms with Gasteiger partial charge in [-0.05, 0) is 24.3 Å². The number of nitrogens with zero attached hydrogens (tertiary/aromatic N) is 1. The van der Waals surface area contributed by atoms with Crippen LogP contribution in [0.5, 0.6) is 11.5 Å². The van der Waals surface area contributed by atoms with E-state index in [4.69, 9.17) is 18.6 Å². The highest BCUT2D eigenvalue weighted by Crippen LogP contribution is 2.23. The lowest BCUT2D eigenvalue weighted by atomic mass is 10.1. The fourth-order valence-electron chi connectivity index (χ4n) is 2.46. The van der Waals surface area contributed by atoms with E-state index in [2.05, 4.69) is 0 Å². The molecule has 0 saturated heterocycles. The van der Waals surface area contributed by atoms with E-state index in [1.54, 1.807) is 18.2 Å². The number of nitro groups is 1. The van der Waals surface area contributed by atoms with Crippen molar-refractivity contribution in [2.45, 2.75) is 6.61 Å². The van der Waals surface area contributed by atoms with Crippen molar-refractivity contribution in [1.82, 2.24) is 0 Å². The quantitative estimate of drug-likeness (QED) is 0.264. The minimum atomic E-state index is -0.659. The van der Waals surface area contributed by atoms with Crippen LogP contribution in [0.2, 0.25) is 0 Å². The zero-order valence-electron chi connectivity index (χ0n) is 14.7. The highest BCUT2D eigenvalue weighted by molar-refractivity contribution is 5.81. The van der Waals surface area contributed by atoms with Crippen molar-refractivity contribution in [2.75, 3.05) is 13.7 Å². The predicted octanol–water partition coefficient (Wildman–Crippen LogP) is 2.83. The Morgan fingerprint density at radius 2 is 1.82 bits per heavy atom. The van der Waals surface area contributed by atoms with E-state index in [-0.39, 0.29) is 18.9 Å². The van der Waals surface area contributed by atoms with Gasteiger partial charge in [-0.15, -0.1) is 0 Å². The molecule has 0 bridgehead atoms. The Kier molecular flexibility index (Phi) is 5.54. The van der Waals surface area contributed by atoms with Crippen LogP contribution in [0.25, 0.3) is 11.0 Å². The Hall–Kier alpha value is -3.88. The van der Waals surface area contributed by atoms with Crippen molar-refractivity contribution < 1.29 is 28.3 Å². The van der Waals surface area contributed by atoms with E-state index in [0.29, 0.717) is 28.0 Å². The van der Waals surface area contributed by atoms with Crippen LogP contribution in [0.1, 0.15) is 5.56 Å². The fraction of sp³-hybridized carbons (Fsp3) is 0.158. The van der Waals surface area contributed by atoms with E-state index < -0.39 is 16.5 Å². The van der Waals surface area contributed by atoms with E-state index in [0.717, 1.165) is 0 Å². The third-order valence-corrected chi connectivity index (χ3v) is 3.83. The molecule has 0 radical (unpaired) electrons. The van der Waals surface area contributed by atoms with Crippen molar-refractivity contribution in [3.8, 4) is 11.5 Å². The molecule has 144 valence electrons. The van der Waals surface area contributed by atoms with Crippen LogP contribution in [0, 0.1) is 10.1 Å².